The number of halogens is 1. The number of amides is 1. The average Bonchev–Trinajstić information content (AvgIpc) is 3.00. The van der Waals surface area contributed by atoms with Crippen LogP contribution in [0.3, 0.4) is 0 Å². The summed E-state index contributed by atoms with van der Waals surface area (Å²) >= 11 is 0. The van der Waals surface area contributed by atoms with Crippen LogP contribution in [0, 0.1) is 19.7 Å². The third-order valence-electron chi connectivity index (χ3n) is 5.48. The molecule has 0 radical (unpaired) electrons. The minimum atomic E-state index is -0.883. The molecule has 29 heavy (non-hydrogen) atoms. The number of nitrogens with zero attached hydrogens (tertiary/aromatic N) is 1. The van der Waals surface area contributed by atoms with Crippen molar-refractivity contribution < 1.29 is 19.0 Å². The van der Waals surface area contributed by atoms with E-state index in [2.05, 4.69) is 11.6 Å². The molecule has 3 aromatic rings. The van der Waals surface area contributed by atoms with E-state index in [4.69, 9.17) is 10.5 Å². The highest BCUT2D eigenvalue weighted by Gasteiger charge is 2.28. The Labute approximate surface area is 167 Å². The summed E-state index contributed by atoms with van der Waals surface area (Å²) in [5, 5.41) is 10.9. The standard InChI is InChI=1S/C22H22FN3O3/c1-4-17(27)26-8-9-29-21-13(6-5-7-16(21)26)19-15(23)10-14(22(24)28)20-18(19)11(2)12(3)25-20/h4-7,10,17,25,27H,1,8-9H2,2-3H3,(H2,24,28). The third-order valence-corrected chi connectivity index (χ3v) is 5.48. The van der Waals surface area contributed by atoms with E-state index < -0.39 is 18.0 Å². The van der Waals surface area contributed by atoms with E-state index in [-0.39, 0.29) is 5.56 Å². The number of anilines is 1. The van der Waals surface area contributed by atoms with Gasteiger partial charge in [0.2, 0.25) is 0 Å². The van der Waals surface area contributed by atoms with Crippen molar-refractivity contribution in [1.82, 2.24) is 4.98 Å². The number of nitrogens with two attached hydrogens (primary N) is 1. The Morgan fingerprint density at radius 3 is 2.90 bits per heavy atom. The van der Waals surface area contributed by atoms with Crippen molar-refractivity contribution in [1.29, 1.82) is 0 Å². The lowest BCUT2D eigenvalue weighted by Crippen LogP contribution is -2.40. The van der Waals surface area contributed by atoms with Crippen LogP contribution in [-0.4, -0.2) is 35.4 Å². The van der Waals surface area contributed by atoms with Crippen molar-refractivity contribution in [3.8, 4) is 16.9 Å². The number of fused-ring (bicyclic) bond motifs is 2. The molecule has 1 atom stereocenters. The molecule has 2 aromatic carbocycles. The summed E-state index contributed by atoms with van der Waals surface area (Å²) in [5.74, 6) is -0.787. The van der Waals surface area contributed by atoms with Gasteiger partial charge < -0.3 is 25.5 Å². The van der Waals surface area contributed by atoms with Gasteiger partial charge in [-0.15, -0.1) is 0 Å². The van der Waals surface area contributed by atoms with Crippen LogP contribution in [0.2, 0.25) is 0 Å². The lowest BCUT2D eigenvalue weighted by Gasteiger charge is -2.34. The quantitative estimate of drug-likeness (QED) is 0.591. The Morgan fingerprint density at radius 1 is 1.45 bits per heavy atom. The molecule has 1 amide bonds. The molecule has 4 N–H and O–H groups in total. The van der Waals surface area contributed by atoms with Gasteiger partial charge in [0.1, 0.15) is 18.7 Å². The minimum absolute atomic E-state index is 0.104. The maximum absolute atomic E-state index is 15.4. The molecule has 0 spiro atoms. The number of aromatic nitrogens is 1. The molecule has 150 valence electrons. The number of carbonyl (C=O) groups excluding carboxylic acids is 1. The number of hydrogen-bond acceptors (Lipinski definition) is 4. The molecule has 0 saturated heterocycles. The molecule has 1 unspecified atom stereocenters. The molecule has 0 aliphatic carbocycles. The van der Waals surface area contributed by atoms with Crippen molar-refractivity contribution in [3.05, 3.63) is 59.6 Å². The van der Waals surface area contributed by atoms with E-state index in [1.165, 1.54) is 6.08 Å². The highest BCUT2D eigenvalue weighted by molar-refractivity contribution is 6.11. The first kappa shape index (κ1) is 19.0. The Balaban J connectivity index is 2.05. The Bertz CT molecular complexity index is 1150. The van der Waals surface area contributed by atoms with Crippen LogP contribution in [0.4, 0.5) is 10.1 Å². The molecule has 6 nitrogen and oxygen atoms in total. The highest BCUT2D eigenvalue weighted by Crippen LogP contribution is 2.45. The first-order chi connectivity index (χ1) is 13.8. The van der Waals surface area contributed by atoms with Crippen LogP contribution < -0.4 is 15.4 Å². The fourth-order valence-corrected chi connectivity index (χ4v) is 3.95. The van der Waals surface area contributed by atoms with E-state index in [0.29, 0.717) is 46.6 Å². The number of aliphatic hydroxyl groups is 1. The second-order valence-electron chi connectivity index (χ2n) is 7.12. The largest absolute Gasteiger partial charge is 0.489 e. The van der Waals surface area contributed by atoms with Gasteiger partial charge in [-0.2, -0.15) is 0 Å². The van der Waals surface area contributed by atoms with E-state index in [1.807, 2.05) is 19.9 Å². The Morgan fingerprint density at radius 2 is 2.21 bits per heavy atom. The number of H-pyrrole nitrogens is 1. The van der Waals surface area contributed by atoms with Gasteiger partial charge in [-0.3, -0.25) is 4.79 Å². The monoisotopic (exact) mass is 395 g/mol. The predicted octanol–water partition coefficient (Wildman–Crippen LogP) is 3.39. The Hall–Kier alpha value is -3.32. The van der Waals surface area contributed by atoms with Crippen molar-refractivity contribution in [2.45, 2.75) is 20.1 Å². The van der Waals surface area contributed by atoms with Crippen LogP contribution in [0.25, 0.3) is 22.0 Å². The van der Waals surface area contributed by atoms with E-state index in [9.17, 15) is 9.90 Å². The first-order valence-corrected chi connectivity index (χ1v) is 9.29. The highest BCUT2D eigenvalue weighted by atomic mass is 19.1. The summed E-state index contributed by atoms with van der Waals surface area (Å²) in [5.41, 5.74) is 9.26. The number of hydrogen-bond donors (Lipinski definition) is 3. The molecule has 4 rings (SSSR count). The maximum Gasteiger partial charge on any atom is 0.250 e. The number of aryl methyl sites for hydroxylation is 2. The number of para-hydroxylation sites is 1. The molecular weight excluding hydrogens is 373 g/mol. The number of primary amides is 1. The lowest BCUT2D eigenvalue weighted by atomic mass is 9.94. The number of nitrogens with one attached hydrogen (secondary N) is 1. The van der Waals surface area contributed by atoms with Gasteiger partial charge in [0.25, 0.3) is 5.91 Å². The number of ether oxygens (including phenoxy) is 1. The normalized spacial score (nSPS) is 14.4. The summed E-state index contributed by atoms with van der Waals surface area (Å²) < 4.78 is 21.3. The molecule has 1 aromatic heterocycles. The molecule has 1 aliphatic rings. The number of rotatable bonds is 4. The topological polar surface area (TPSA) is 91.6 Å². The van der Waals surface area contributed by atoms with Gasteiger partial charge in [-0.1, -0.05) is 18.7 Å². The summed E-state index contributed by atoms with van der Waals surface area (Å²) in [7, 11) is 0. The van der Waals surface area contributed by atoms with Gasteiger partial charge in [0.05, 0.1) is 23.3 Å². The molecular formula is C22H22FN3O3. The summed E-state index contributed by atoms with van der Waals surface area (Å²) in [6, 6.07) is 6.53. The fourth-order valence-electron chi connectivity index (χ4n) is 3.95. The molecule has 0 saturated carbocycles. The van der Waals surface area contributed by atoms with Gasteiger partial charge in [-0.05, 0) is 37.6 Å². The summed E-state index contributed by atoms with van der Waals surface area (Å²) in [6.07, 6.45) is 0.549. The fraction of sp³-hybridized carbons (Fsp3) is 0.227. The number of carbonyl (C=O) groups is 1. The van der Waals surface area contributed by atoms with E-state index in [1.54, 1.807) is 17.0 Å². The van der Waals surface area contributed by atoms with Crippen LogP contribution in [0.1, 0.15) is 21.6 Å². The third kappa shape index (κ3) is 2.86. The zero-order valence-corrected chi connectivity index (χ0v) is 16.3. The van der Waals surface area contributed by atoms with E-state index in [0.717, 1.165) is 17.3 Å². The number of aromatic amines is 1. The van der Waals surface area contributed by atoms with Crippen molar-refractivity contribution >= 4 is 22.5 Å². The maximum atomic E-state index is 15.4. The smallest absolute Gasteiger partial charge is 0.250 e. The van der Waals surface area contributed by atoms with Gasteiger partial charge in [0, 0.05) is 22.2 Å². The predicted molar refractivity (Wildman–Crippen MR) is 111 cm³/mol. The zero-order chi connectivity index (χ0) is 20.9. The van der Waals surface area contributed by atoms with Gasteiger partial charge in [-0.25, -0.2) is 4.39 Å². The molecule has 2 heterocycles. The second-order valence-corrected chi connectivity index (χ2v) is 7.12. The van der Waals surface area contributed by atoms with Crippen molar-refractivity contribution in [3.63, 3.8) is 0 Å². The van der Waals surface area contributed by atoms with Crippen LogP contribution in [0.15, 0.2) is 36.9 Å². The summed E-state index contributed by atoms with van der Waals surface area (Å²) in [6.45, 7) is 8.19. The molecule has 1 aliphatic heterocycles. The number of benzene rings is 2. The van der Waals surface area contributed by atoms with Crippen molar-refractivity contribution in [2.75, 3.05) is 18.1 Å². The first-order valence-electron chi connectivity index (χ1n) is 9.29. The van der Waals surface area contributed by atoms with Gasteiger partial charge in [0.15, 0.2) is 5.75 Å². The Kier molecular flexibility index (Phi) is 4.55. The lowest BCUT2D eigenvalue weighted by molar-refractivity contribution is 0.100. The molecule has 0 fully saturated rings. The zero-order valence-electron chi connectivity index (χ0n) is 16.3. The minimum Gasteiger partial charge on any atom is -0.489 e. The van der Waals surface area contributed by atoms with Crippen LogP contribution in [0.5, 0.6) is 5.75 Å². The second kappa shape index (κ2) is 6.93. The van der Waals surface area contributed by atoms with Gasteiger partial charge >= 0.3 is 0 Å². The molecule has 0 bridgehead atoms. The van der Waals surface area contributed by atoms with Crippen LogP contribution in [-0.2, 0) is 0 Å². The van der Waals surface area contributed by atoms with Crippen molar-refractivity contribution in [2.24, 2.45) is 5.73 Å². The average molecular weight is 395 g/mol. The SMILES string of the molecule is C=CC(O)N1CCOc2c(-c3c(F)cc(C(N)=O)c4[nH]c(C)c(C)c34)cccc21. The summed E-state index contributed by atoms with van der Waals surface area (Å²) in [4.78, 5) is 16.8. The van der Waals surface area contributed by atoms with E-state index >= 15 is 4.39 Å². The molecule has 7 heteroatoms. The number of aliphatic hydroxyl groups excluding tert-OH is 1. The van der Waals surface area contributed by atoms with Crippen LogP contribution >= 0.6 is 0 Å².